The molecule has 88 valence electrons. The molecule has 0 saturated carbocycles. The standard InChI is InChI=1S/C12H19N3O/c1-8-4-5-11(10(6-8)12(13)14)15(3)9(2)7-16/h4-6,9,16H,7H2,1-3H3,(H3,13,14). The molecule has 0 aliphatic rings. The highest BCUT2D eigenvalue weighted by Gasteiger charge is 2.14. The predicted octanol–water partition coefficient (Wildman–Crippen LogP) is 1.10. The van der Waals surface area contributed by atoms with Crippen LogP contribution < -0.4 is 10.6 Å². The molecule has 1 atom stereocenters. The van der Waals surface area contributed by atoms with Gasteiger partial charge in [-0.05, 0) is 26.0 Å². The zero-order valence-corrected chi connectivity index (χ0v) is 9.99. The van der Waals surface area contributed by atoms with E-state index in [2.05, 4.69) is 0 Å². The predicted molar refractivity (Wildman–Crippen MR) is 67.1 cm³/mol. The highest BCUT2D eigenvalue weighted by atomic mass is 16.3. The molecule has 0 radical (unpaired) electrons. The fourth-order valence-corrected chi connectivity index (χ4v) is 1.53. The highest BCUT2D eigenvalue weighted by Crippen LogP contribution is 2.22. The molecule has 0 bridgehead atoms. The minimum atomic E-state index is 0.000746. The Balaban J connectivity index is 3.17. The SMILES string of the molecule is Cc1ccc(N(C)C(C)CO)c(C(=N)N)c1. The van der Waals surface area contributed by atoms with Crippen LogP contribution in [0.2, 0.25) is 0 Å². The van der Waals surface area contributed by atoms with E-state index in [1.807, 2.05) is 44.0 Å². The third-order valence-corrected chi connectivity index (χ3v) is 2.75. The number of likely N-dealkylation sites (N-methyl/N-ethyl adjacent to an activating group) is 1. The second kappa shape index (κ2) is 4.99. The van der Waals surface area contributed by atoms with Crippen molar-refractivity contribution >= 4 is 11.5 Å². The van der Waals surface area contributed by atoms with E-state index in [0.717, 1.165) is 11.3 Å². The van der Waals surface area contributed by atoms with Gasteiger partial charge < -0.3 is 15.7 Å². The highest BCUT2D eigenvalue weighted by molar-refractivity contribution is 6.00. The van der Waals surface area contributed by atoms with Crippen LogP contribution in [0.4, 0.5) is 5.69 Å². The molecule has 0 amide bonds. The summed E-state index contributed by atoms with van der Waals surface area (Å²) < 4.78 is 0. The lowest BCUT2D eigenvalue weighted by atomic mass is 10.1. The van der Waals surface area contributed by atoms with Gasteiger partial charge >= 0.3 is 0 Å². The topological polar surface area (TPSA) is 73.3 Å². The smallest absolute Gasteiger partial charge is 0.124 e. The van der Waals surface area contributed by atoms with Crippen LogP contribution in [-0.4, -0.2) is 30.6 Å². The molecule has 4 N–H and O–H groups in total. The summed E-state index contributed by atoms with van der Waals surface area (Å²) in [6.45, 7) is 3.96. The van der Waals surface area contributed by atoms with E-state index in [9.17, 15) is 0 Å². The van der Waals surface area contributed by atoms with Crippen LogP contribution in [0.25, 0.3) is 0 Å². The number of nitrogens with zero attached hydrogens (tertiary/aromatic N) is 1. The molecule has 1 aromatic carbocycles. The fraction of sp³-hybridized carbons (Fsp3) is 0.417. The zero-order valence-electron chi connectivity index (χ0n) is 9.99. The van der Waals surface area contributed by atoms with Gasteiger partial charge in [-0.3, -0.25) is 5.41 Å². The van der Waals surface area contributed by atoms with Crippen molar-refractivity contribution in [3.63, 3.8) is 0 Å². The van der Waals surface area contributed by atoms with Gasteiger partial charge in [0.15, 0.2) is 0 Å². The number of hydrogen-bond donors (Lipinski definition) is 3. The van der Waals surface area contributed by atoms with E-state index < -0.39 is 0 Å². The molecule has 0 saturated heterocycles. The monoisotopic (exact) mass is 221 g/mol. The van der Waals surface area contributed by atoms with E-state index in [4.69, 9.17) is 16.2 Å². The van der Waals surface area contributed by atoms with Gasteiger partial charge in [0, 0.05) is 24.3 Å². The third kappa shape index (κ3) is 2.52. The van der Waals surface area contributed by atoms with Crippen LogP contribution in [0.15, 0.2) is 18.2 Å². The summed E-state index contributed by atoms with van der Waals surface area (Å²) in [5, 5.41) is 16.7. The van der Waals surface area contributed by atoms with Gasteiger partial charge in [0.2, 0.25) is 0 Å². The number of aryl methyl sites for hydroxylation is 1. The number of anilines is 1. The van der Waals surface area contributed by atoms with Crippen molar-refractivity contribution in [2.75, 3.05) is 18.6 Å². The van der Waals surface area contributed by atoms with Crippen LogP contribution >= 0.6 is 0 Å². The summed E-state index contributed by atoms with van der Waals surface area (Å²) in [6, 6.07) is 5.79. The first kappa shape index (κ1) is 12.5. The first-order valence-electron chi connectivity index (χ1n) is 5.26. The summed E-state index contributed by atoms with van der Waals surface area (Å²) in [6.07, 6.45) is 0. The Hall–Kier alpha value is -1.55. The van der Waals surface area contributed by atoms with Crippen molar-refractivity contribution in [1.82, 2.24) is 0 Å². The molecule has 0 aromatic heterocycles. The largest absolute Gasteiger partial charge is 0.394 e. The molecule has 0 aliphatic heterocycles. The number of aliphatic hydroxyl groups excluding tert-OH is 1. The lowest BCUT2D eigenvalue weighted by Crippen LogP contribution is -2.33. The van der Waals surface area contributed by atoms with E-state index in [-0.39, 0.29) is 18.5 Å². The minimum Gasteiger partial charge on any atom is -0.394 e. The average Bonchev–Trinajstić information content (AvgIpc) is 2.26. The second-order valence-electron chi connectivity index (χ2n) is 4.08. The first-order chi connectivity index (χ1) is 7.47. The average molecular weight is 221 g/mol. The Bertz CT molecular complexity index is 390. The molecular formula is C12H19N3O. The lowest BCUT2D eigenvalue weighted by molar-refractivity contribution is 0.270. The molecule has 0 fully saturated rings. The second-order valence-corrected chi connectivity index (χ2v) is 4.08. The normalized spacial score (nSPS) is 12.2. The van der Waals surface area contributed by atoms with E-state index in [1.54, 1.807) is 0 Å². The molecule has 0 aliphatic carbocycles. The van der Waals surface area contributed by atoms with Crippen LogP contribution in [0.3, 0.4) is 0 Å². The third-order valence-electron chi connectivity index (χ3n) is 2.75. The number of hydrogen-bond acceptors (Lipinski definition) is 3. The first-order valence-corrected chi connectivity index (χ1v) is 5.26. The van der Waals surface area contributed by atoms with Crippen molar-refractivity contribution in [2.24, 2.45) is 5.73 Å². The van der Waals surface area contributed by atoms with Crippen LogP contribution in [-0.2, 0) is 0 Å². The quantitative estimate of drug-likeness (QED) is 0.526. The van der Waals surface area contributed by atoms with Crippen molar-refractivity contribution in [3.8, 4) is 0 Å². The van der Waals surface area contributed by atoms with E-state index in [0.29, 0.717) is 5.56 Å². The minimum absolute atomic E-state index is 0.000746. The number of nitrogens with two attached hydrogens (primary N) is 1. The van der Waals surface area contributed by atoms with Gasteiger partial charge in [-0.1, -0.05) is 11.6 Å². The van der Waals surface area contributed by atoms with E-state index >= 15 is 0 Å². The maximum atomic E-state index is 9.12. The maximum absolute atomic E-state index is 9.12. The summed E-state index contributed by atoms with van der Waals surface area (Å²) in [4.78, 5) is 1.93. The molecule has 16 heavy (non-hydrogen) atoms. The summed E-state index contributed by atoms with van der Waals surface area (Å²) in [5.41, 5.74) is 8.21. The zero-order chi connectivity index (χ0) is 12.3. The summed E-state index contributed by atoms with van der Waals surface area (Å²) in [5.74, 6) is 0.0516. The van der Waals surface area contributed by atoms with Crippen molar-refractivity contribution in [2.45, 2.75) is 19.9 Å². The van der Waals surface area contributed by atoms with Crippen molar-refractivity contribution < 1.29 is 5.11 Å². The molecule has 1 rings (SSSR count). The Morgan fingerprint density at radius 2 is 2.19 bits per heavy atom. The molecule has 1 unspecified atom stereocenters. The number of nitrogens with one attached hydrogen (secondary N) is 1. The van der Waals surface area contributed by atoms with Gasteiger partial charge in [-0.2, -0.15) is 0 Å². The Morgan fingerprint density at radius 1 is 1.56 bits per heavy atom. The summed E-state index contributed by atoms with van der Waals surface area (Å²) in [7, 11) is 1.89. The lowest BCUT2D eigenvalue weighted by Gasteiger charge is -2.27. The van der Waals surface area contributed by atoms with Crippen LogP contribution in [0.5, 0.6) is 0 Å². The van der Waals surface area contributed by atoms with E-state index in [1.165, 1.54) is 0 Å². The van der Waals surface area contributed by atoms with Crippen molar-refractivity contribution in [1.29, 1.82) is 5.41 Å². The Kier molecular flexibility index (Phi) is 3.90. The molecule has 1 aromatic rings. The number of benzene rings is 1. The molecule has 0 spiro atoms. The Labute approximate surface area is 96.2 Å². The molecular weight excluding hydrogens is 202 g/mol. The van der Waals surface area contributed by atoms with Crippen molar-refractivity contribution in [3.05, 3.63) is 29.3 Å². The molecule has 4 heteroatoms. The molecule has 4 nitrogen and oxygen atoms in total. The van der Waals surface area contributed by atoms with Gasteiger partial charge in [0.25, 0.3) is 0 Å². The number of amidine groups is 1. The van der Waals surface area contributed by atoms with Gasteiger partial charge in [0.05, 0.1) is 6.61 Å². The summed E-state index contributed by atoms with van der Waals surface area (Å²) >= 11 is 0. The van der Waals surface area contributed by atoms with Gasteiger partial charge in [-0.15, -0.1) is 0 Å². The maximum Gasteiger partial charge on any atom is 0.124 e. The van der Waals surface area contributed by atoms with Crippen LogP contribution in [0, 0.1) is 12.3 Å². The van der Waals surface area contributed by atoms with Crippen LogP contribution in [0.1, 0.15) is 18.1 Å². The number of rotatable bonds is 4. The fourth-order valence-electron chi connectivity index (χ4n) is 1.53. The van der Waals surface area contributed by atoms with Gasteiger partial charge in [0.1, 0.15) is 5.84 Å². The number of nitrogen functional groups attached to an aromatic ring is 1. The number of aliphatic hydroxyl groups is 1. The Morgan fingerprint density at radius 3 is 2.69 bits per heavy atom. The van der Waals surface area contributed by atoms with Gasteiger partial charge in [-0.25, -0.2) is 0 Å². The molecule has 0 heterocycles.